The summed E-state index contributed by atoms with van der Waals surface area (Å²) in [6, 6.07) is 7.08. The maximum absolute atomic E-state index is 12.2. The highest BCUT2D eigenvalue weighted by molar-refractivity contribution is 14.0. The number of halogens is 1. The van der Waals surface area contributed by atoms with E-state index in [4.69, 9.17) is 14.2 Å². The molecule has 0 saturated carbocycles. The number of guanidine groups is 1. The number of hydrogen-bond acceptors (Lipinski definition) is 5. The lowest BCUT2D eigenvalue weighted by Crippen LogP contribution is -2.48. The number of ether oxygens (including phenoxy) is 3. The molecule has 0 bridgehead atoms. The SMILES string of the molecule is CN=C(NCCNC(=O)c1ccc(OC)cc1)N1CCC(OCC2CCCCO2)CC1.I. The zero-order valence-electron chi connectivity index (χ0n) is 19.2. The standard InChI is InChI=1S/C23H36N4O4.HI/c1-24-23(26-13-12-25-22(28)18-6-8-19(29-2)9-7-18)27-14-10-20(11-15-27)31-17-21-5-3-4-16-30-21;/h6-9,20-21H,3-5,10-17H2,1-2H3,(H,24,26)(H,25,28);1H. The molecule has 1 atom stereocenters. The molecule has 0 radical (unpaired) electrons. The molecule has 32 heavy (non-hydrogen) atoms. The Morgan fingerprint density at radius 1 is 1.12 bits per heavy atom. The van der Waals surface area contributed by atoms with E-state index in [9.17, 15) is 4.79 Å². The van der Waals surface area contributed by atoms with Crippen molar-refractivity contribution in [2.24, 2.45) is 4.99 Å². The van der Waals surface area contributed by atoms with Gasteiger partial charge in [0.2, 0.25) is 0 Å². The third kappa shape index (κ3) is 8.40. The fourth-order valence-electron chi connectivity index (χ4n) is 3.94. The summed E-state index contributed by atoms with van der Waals surface area (Å²) in [5, 5.41) is 6.27. The van der Waals surface area contributed by atoms with E-state index in [-0.39, 0.29) is 36.0 Å². The molecule has 3 rings (SSSR count). The lowest BCUT2D eigenvalue weighted by Gasteiger charge is -2.35. The molecule has 2 fully saturated rings. The number of rotatable bonds is 8. The molecule has 1 unspecified atom stereocenters. The first-order chi connectivity index (χ1) is 15.2. The number of amides is 1. The van der Waals surface area contributed by atoms with Crippen LogP contribution in [0.1, 0.15) is 42.5 Å². The van der Waals surface area contributed by atoms with Gasteiger partial charge in [0.15, 0.2) is 5.96 Å². The normalized spacial score (nSPS) is 19.8. The fourth-order valence-corrected chi connectivity index (χ4v) is 3.94. The Morgan fingerprint density at radius 3 is 2.47 bits per heavy atom. The van der Waals surface area contributed by atoms with Crippen LogP contribution in [0.3, 0.4) is 0 Å². The molecule has 180 valence electrons. The number of benzene rings is 1. The van der Waals surface area contributed by atoms with Crippen LogP contribution >= 0.6 is 24.0 Å². The van der Waals surface area contributed by atoms with Gasteiger partial charge in [-0.1, -0.05) is 0 Å². The van der Waals surface area contributed by atoms with Crippen LogP contribution in [0.15, 0.2) is 29.3 Å². The van der Waals surface area contributed by atoms with Crippen molar-refractivity contribution in [1.82, 2.24) is 15.5 Å². The first-order valence-electron chi connectivity index (χ1n) is 11.3. The van der Waals surface area contributed by atoms with Crippen LogP contribution in [0.4, 0.5) is 0 Å². The number of nitrogens with one attached hydrogen (secondary N) is 2. The van der Waals surface area contributed by atoms with Crippen molar-refractivity contribution in [3.63, 3.8) is 0 Å². The van der Waals surface area contributed by atoms with Crippen molar-refractivity contribution < 1.29 is 19.0 Å². The molecule has 1 aromatic carbocycles. The Morgan fingerprint density at radius 2 is 1.84 bits per heavy atom. The number of piperidine rings is 1. The number of likely N-dealkylation sites (tertiary alicyclic amines) is 1. The van der Waals surface area contributed by atoms with Gasteiger partial charge in [0.25, 0.3) is 5.91 Å². The Labute approximate surface area is 208 Å². The van der Waals surface area contributed by atoms with Crippen LogP contribution < -0.4 is 15.4 Å². The Bertz CT molecular complexity index is 702. The molecule has 0 aliphatic carbocycles. The largest absolute Gasteiger partial charge is 0.497 e. The molecule has 9 heteroatoms. The van der Waals surface area contributed by atoms with E-state index in [1.165, 1.54) is 12.8 Å². The minimum Gasteiger partial charge on any atom is -0.497 e. The summed E-state index contributed by atoms with van der Waals surface area (Å²) >= 11 is 0. The van der Waals surface area contributed by atoms with Gasteiger partial charge in [0.1, 0.15) is 5.75 Å². The van der Waals surface area contributed by atoms with Crippen molar-refractivity contribution in [1.29, 1.82) is 0 Å². The second-order valence-electron chi connectivity index (χ2n) is 7.97. The summed E-state index contributed by atoms with van der Waals surface area (Å²) in [5.41, 5.74) is 0.617. The molecule has 0 spiro atoms. The van der Waals surface area contributed by atoms with Gasteiger partial charge in [0, 0.05) is 45.4 Å². The Balaban J connectivity index is 0.00000363. The average molecular weight is 560 g/mol. The van der Waals surface area contributed by atoms with E-state index >= 15 is 0 Å². The van der Waals surface area contributed by atoms with Crippen LogP contribution in [0.2, 0.25) is 0 Å². The molecule has 1 amide bonds. The number of carbonyl (C=O) groups excluding carboxylic acids is 1. The van der Waals surface area contributed by atoms with Crippen molar-refractivity contribution in [2.75, 3.05) is 53.6 Å². The monoisotopic (exact) mass is 560 g/mol. The van der Waals surface area contributed by atoms with E-state index < -0.39 is 0 Å². The van der Waals surface area contributed by atoms with Gasteiger partial charge < -0.3 is 29.7 Å². The van der Waals surface area contributed by atoms with Gasteiger partial charge in [0.05, 0.1) is 25.9 Å². The fraction of sp³-hybridized carbons (Fsp3) is 0.652. The number of methoxy groups -OCH3 is 1. The Hall–Kier alpha value is -1.59. The highest BCUT2D eigenvalue weighted by Crippen LogP contribution is 2.18. The van der Waals surface area contributed by atoms with E-state index in [2.05, 4.69) is 20.5 Å². The molecule has 2 N–H and O–H groups in total. The van der Waals surface area contributed by atoms with Crippen molar-refractivity contribution in [3.05, 3.63) is 29.8 Å². The Kier molecular flexibility index (Phi) is 12.1. The van der Waals surface area contributed by atoms with Gasteiger partial charge in [-0.2, -0.15) is 0 Å². The highest BCUT2D eigenvalue weighted by atomic mass is 127. The van der Waals surface area contributed by atoms with Crippen molar-refractivity contribution >= 4 is 35.8 Å². The summed E-state index contributed by atoms with van der Waals surface area (Å²) < 4.78 is 17.0. The lowest BCUT2D eigenvalue weighted by molar-refractivity contribution is -0.0721. The van der Waals surface area contributed by atoms with Gasteiger partial charge in [-0.3, -0.25) is 9.79 Å². The minimum atomic E-state index is -0.0978. The molecule has 2 saturated heterocycles. The quantitative estimate of drug-likeness (QED) is 0.220. The smallest absolute Gasteiger partial charge is 0.251 e. The van der Waals surface area contributed by atoms with Crippen LogP contribution in [-0.4, -0.2) is 82.5 Å². The predicted octanol–water partition coefficient (Wildman–Crippen LogP) is 2.67. The summed E-state index contributed by atoms with van der Waals surface area (Å²) in [7, 11) is 3.40. The number of hydrogen-bond donors (Lipinski definition) is 2. The van der Waals surface area contributed by atoms with E-state index in [1.54, 1.807) is 38.4 Å². The van der Waals surface area contributed by atoms with E-state index in [0.29, 0.717) is 31.4 Å². The molecule has 0 aromatic heterocycles. The first-order valence-corrected chi connectivity index (χ1v) is 11.3. The zero-order chi connectivity index (χ0) is 21.9. The molecule has 2 heterocycles. The van der Waals surface area contributed by atoms with Gasteiger partial charge in [-0.25, -0.2) is 0 Å². The molecule has 2 aliphatic rings. The minimum absolute atomic E-state index is 0. The van der Waals surface area contributed by atoms with Gasteiger partial charge in [-0.05, 0) is 56.4 Å². The molecule has 8 nitrogen and oxygen atoms in total. The summed E-state index contributed by atoms with van der Waals surface area (Å²) in [6.07, 6.45) is 6.08. The van der Waals surface area contributed by atoms with Crippen LogP contribution in [0, 0.1) is 0 Å². The topological polar surface area (TPSA) is 84.4 Å². The third-order valence-corrected chi connectivity index (χ3v) is 5.79. The maximum Gasteiger partial charge on any atom is 0.251 e. The first kappa shape index (κ1) is 26.7. The number of aliphatic imine (C=N–C) groups is 1. The second-order valence-corrected chi connectivity index (χ2v) is 7.97. The third-order valence-electron chi connectivity index (χ3n) is 5.79. The second kappa shape index (κ2) is 14.5. The summed E-state index contributed by atoms with van der Waals surface area (Å²) in [6.45, 7) is 4.54. The maximum atomic E-state index is 12.2. The molecular formula is C23H37IN4O4. The highest BCUT2D eigenvalue weighted by Gasteiger charge is 2.23. The number of carbonyl (C=O) groups is 1. The molecule has 1 aromatic rings. The predicted molar refractivity (Wildman–Crippen MR) is 136 cm³/mol. The van der Waals surface area contributed by atoms with Crippen LogP contribution in [0.5, 0.6) is 5.75 Å². The van der Waals surface area contributed by atoms with E-state index in [0.717, 1.165) is 50.7 Å². The van der Waals surface area contributed by atoms with Crippen LogP contribution in [-0.2, 0) is 9.47 Å². The average Bonchev–Trinajstić information content (AvgIpc) is 2.84. The van der Waals surface area contributed by atoms with E-state index in [1.807, 2.05) is 0 Å². The van der Waals surface area contributed by atoms with Crippen molar-refractivity contribution in [3.8, 4) is 5.75 Å². The van der Waals surface area contributed by atoms with Crippen LogP contribution in [0.25, 0.3) is 0 Å². The summed E-state index contributed by atoms with van der Waals surface area (Å²) in [5.74, 6) is 1.51. The molecular weight excluding hydrogens is 523 g/mol. The van der Waals surface area contributed by atoms with Gasteiger partial charge in [-0.15, -0.1) is 24.0 Å². The molecule has 2 aliphatic heterocycles. The van der Waals surface area contributed by atoms with Crippen molar-refractivity contribution in [2.45, 2.75) is 44.3 Å². The lowest BCUT2D eigenvalue weighted by atomic mass is 10.1. The number of nitrogens with zero attached hydrogens (tertiary/aromatic N) is 2. The zero-order valence-corrected chi connectivity index (χ0v) is 21.5. The van der Waals surface area contributed by atoms with Gasteiger partial charge >= 0.3 is 0 Å². The summed E-state index contributed by atoms with van der Waals surface area (Å²) in [4.78, 5) is 18.9.